The summed E-state index contributed by atoms with van der Waals surface area (Å²) < 4.78 is 41.7. The molecule has 0 aliphatic heterocycles. The Labute approximate surface area is 167 Å². The van der Waals surface area contributed by atoms with Crippen LogP contribution in [0.25, 0.3) is 22.2 Å². The molecule has 3 N–H and O–H groups in total. The van der Waals surface area contributed by atoms with E-state index in [0.717, 1.165) is 42.3 Å². The topological polar surface area (TPSA) is 48.0 Å². The van der Waals surface area contributed by atoms with Crippen LogP contribution in [0, 0.1) is 23.4 Å². The monoisotopic (exact) mass is 402 g/mol. The highest BCUT2D eigenvalue weighted by molar-refractivity contribution is 5.92. The molecule has 1 aliphatic carbocycles. The van der Waals surface area contributed by atoms with Crippen molar-refractivity contribution in [2.75, 3.05) is 13.2 Å². The number of aromatic amines is 1. The van der Waals surface area contributed by atoms with Crippen LogP contribution in [-0.4, -0.2) is 28.8 Å². The van der Waals surface area contributed by atoms with Crippen molar-refractivity contribution in [3.63, 3.8) is 0 Å². The quantitative estimate of drug-likeness (QED) is 0.537. The maximum absolute atomic E-state index is 14.4. The van der Waals surface area contributed by atoms with Crippen LogP contribution in [0.4, 0.5) is 13.2 Å². The van der Waals surface area contributed by atoms with Crippen molar-refractivity contribution >= 4 is 10.9 Å². The second-order valence-electron chi connectivity index (χ2n) is 8.69. The van der Waals surface area contributed by atoms with Crippen LogP contribution in [0.1, 0.15) is 38.2 Å². The summed E-state index contributed by atoms with van der Waals surface area (Å²) in [5, 5.41) is 13.3. The minimum Gasteiger partial charge on any atom is -0.394 e. The van der Waals surface area contributed by atoms with Crippen molar-refractivity contribution in [2.45, 2.75) is 38.1 Å². The van der Waals surface area contributed by atoms with E-state index in [1.807, 2.05) is 13.8 Å². The van der Waals surface area contributed by atoms with Gasteiger partial charge >= 0.3 is 0 Å². The number of hydrogen-bond acceptors (Lipinski definition) is 2. The Bertz CT molecular complexity index is 1020. The first-order valence-corrected chi connectivity index (χ1v) is 9.90. The van der Waals surface area contributed by atoms with E-state index in [1.165, 1.54) is 18.2 Å². The van der Waals surface area contributed by atoms with E-state index in [1.54, 1.807) is 12.1 Å². The lowest BCUT2D eigenvalue weighted by Gasteiger charge is -2.38. The fourth-order valence-electron chi connectivity index (χ4n) is 4.12. The predicted octanol–water partition coefficient (Wildman–Crippen LogP) is 5.11. The Hall–Kier alpha value is -2.31. The number of fused-ring (bicyclic) bond motifs is 1. The summed E-state index contributed by atoms with van der Waals surface area (Å²) in [7, 11) is 0. The molecule has 2 aromatic carbocycles. The van der Waals surface area contributed by atoms with Crippen LogP contribution in [-0.2, 0) is 0 Å². The van der Waals surface area contributed by atoms with Gasteiger partial charge in [0.25, 0.3) is 0 Å². The first-order chi connectivity index (χ1) is 13.8. The Morgan fingerprint density at radius 1 is 1.07 bits per heavy atom. The van der Waals surface area contributed by atoms with E-state index in [0.29, 0.717) is 11.3 Å². The van der Waals surface area contributed by atoms with E-state index in [4.69, 9.17) is 0 Å². The molecule has 3 aromatic rings. The Kier molecular flexibility index (Phi) is 5.17. The number of hydrogen-bond donors (Lipinski definition) is 3. The van der Waals surface area contributed by atoms with E-state index in [-0.39, 0.29) is 29.4 Å². The number of rotatable bonds is 6. The molecule has 154 valence electrons. The van der Waals surface area contributed by atoms with Crippen LogP contribution in [0.5, 0.6) is 0 Å². The first-order valence-electron chi connectivity index (χ1n) is 9.90. The normalized spacial score (nSPS) is 19.5. The van der Waals surface area contributed by atoms with Gasteiger partial charge in [-0.2, -0.15) is 0 Å². The van der Waals surface area contributed by atoms with Crippen LogP contribution < -0.4 is 5.32 Å². The standard InChI is InChI=1S/C23H25F3N2O/c1-23(2,12-29)27-11-13-7-15(8-13)20-18-9-17(25)10-19(26)22(18)28-21(20)14-3-5-16(24)6-4-14/h3-6,9-10,13,15,27-29H,7-8,11-12H2,1-2H3. The summed E-state index contributed by atoms with van der Waals surface area (Å²) in [6, 6.07) is 8.29. The average molecular weight is 402 g/mol. The minimum absolute atomic E-state index is 0.0544. The van der Waals surface area contributed by atoms with Crippen molar-refractivity contribution in [3.8, 4) is 11.3 Å². The van der Waals surface area contributed by atoms with Gasteiger partial charge in [-0.3, -0.25) is 0 Å². The summed E-state index contributed by atoms with van der Waals surface area (Å²) in [6.45, 7) is 4.72. The Morgan fingerprint density at radius 2 is 1.76 bits per heavy atom. The number of nitrogens with one attached hydrogen (secondary N) is 2. The van der Waals surface area contributed by atoms with Crippen molar-refractivity contribution < 1.29 is 18.3 Å². The molecule has 0 amide bonds. The maximum atomic E-state index is 14.4. The molecule has 0 atom stereocenters. The van der Waals surface area contributed by atoms with Gasteiger partial charge in [-0.25, -0.2) is 13.2 Å². The second-order valence-corrected chi connectivity index (χ2v) is 8.69. The third kappa shape index (κ3) is 3.91. The van der Waals surface area contributed by atoms with Crippen molar-refractivity contribution in [1.29, 1.82) is 0 Å². The molecule has 0 spiro atoms. The fraction of sp³-hybridized carbons (Fsp3) is 0.391. The SMILES string of the molecule is CC(C)(CO)NCC1CC(c2c(-c3ccc(F)cc3)[nH]c3c(F)cc(F)cc23)C1. The molecule has 4 rings (SSSR count). The highest BCUT2D eigenvalue weighted by atomic mass is 19.1. The van der Waals surface area contributed by atoms with E-state index in [2.05, 4.69) is 10.3 Å². The fourth-order valence-corrected chi connectivity index (χ4v) is 4.12. The van der Waals surface area contributed by atoms with Gasteiger partial charge in [-0.1, -0.05) is 0 Å². The second kappa shape index (κ2) is 7.50. The number of aliphatic hydroxyl groups is 1. The van der Waals surface area contributed by atoms with E-state index < -0.39 is 11.6 Å². The van der Waals surface area contributed by atoms with Crippen LogP contribution >= 0.6 is 0 Å². The molecule has 0 bridgehead atoms. The lowest BCUT2D eigenvalue weighted by molar-refractivity contribution is 0.164. The van der Waals surface area contributed by atoms with Gasteiger partial charge in [-0.05, 0) is 86.5 Å². The Morgan fingerprint density at radius 3 is 2.41 bits per heavy atom. The molecule has 1 saturated carbocycles. The summed E-state index contributed by atoms with van der Waals surface area (Å²) in [6.07, 6.45) is 1.77. The molecular formula is C23H25F3N2O. The largest absolute Gasteiger partial charge is 0.394 e. The summed E-state index contributed by atoms with van der Waals surface area (Å²) in [5.74, 6) is -0.991. The molecule has 3 nitrogen and oxygen atoms in total. The van der Waals surface area contributed by atoms with Gasteiger partial charge in [0.05, 0.1) is 17.8 Å². The molecule has 0 unspecified atom stereocenters. The number of aromatic nitrogens is 1. The number of H-pyrrole nitrogens is 1. The van der Waals surface area contributed by atoms with Crippen LogP contribution in [0.3, 0.4) is 0 Å². The summed E-state index contributed by atoms with van der Waals surface area (Å²) in [5.41, 5.74) is 2.31. The van der Waals surface area contributed by atoms with Gasteiger partial charge in [0, 0.05) is 17.0 Å². The van der Waals surface area contributed by atoms with Gasteiger partial charge in [0.2, 0.25) is 0 Å². The lowest BCUT2D eigenvalue weighted by Crippen LogP contribution is -2.46. The number of benzene rings is 2. The summed E-state index contributed by atoms with van der Waals surface area (Å²) in [4.78, 5) is 3.11. The zero-order chi connectivity index (χ0) is 20.8. The van der Waals surface area contributed by atoms with Gasteiger partial charge in [-0.15, -0.1) is 0 Å². The minimum atomic E-state index is -0.628. The van der Waals surface area contributed by atoms with E-state index in [9.17, 15) is 18.3 Å². The molecule has 1 heterocycles. The Balaban J connectivity index is 1.66. The van der Waals surface area contributed by atoms with Crippen LogP contribution in [0.2, 0.25) is 0 Å². The number of aliphatic hydroxyl groups excluding tert-OH is 1. The molecule has 0 radical (unpaired) electrons. The maximum Gasteiger partial charge on any atom is 0.150 e. The molecule has 1 fully saturated rings. The summed E-state index contributed by atoms with van der Waals surface area (Å²) >= 11 is 0. The van der Waals surface area contributed by atoms with Crippen molar-refractivity contribution in [3.05, 3.63) is 59.4 Å². The van der Waals surface area contributed by atoms with Crippen molar-refractivity contribution in [1.82, 2.24) is 10.3 Å². The van der Waals surface area contributed by atoms with Gasteiger partial charge < -0.3 is 15.4 Å². The molecule has 29 heavy (non-hydrogen) atoms. The highest BCUT2D eigenvalue weighted by Crippen LogP contribution is 2.48. The molecule has 0 saturated heterocycles. The lowest BCUT2D eigenvalue weighted by atomic mass is 9.70. The first kappa shape index (κ1) is 20.0. The molecular weight excluding hydrogens is 377 g/mol. The van der Waals surface area contributed by atoms with E-state index >= 15 is 0 Å². The third-order valence-electron chi connectivity index (χ3n) is 5.91. The van der Waals surface area contributed by atoms with Crippen molar-refractivity contribution in [2.24, 2.45) is 5.92 Å². The number of halogens is 3. The molecule has 1 aliphatic rings. The molecule has 6 heteroatoms. The zero-order valence-electron chi connectivity index (χ0n) is 16.5. The van der Waals surface area contributed by atoms with Gasteiger partial charge in [0.1, 0.15) is 17.5 Å². The predicted molar refractivity (Wildman–Crippen MR) is 108 cm³/mol. The molecule has 1 aromatic heterocycles. The average Bonchev–Trinajstić information content (AvgIpc) is 3.00. The highest BCUT2D eigenvalue weighted by Gasteiger charge is 2.35. The van der Waals surface area contributed by atoms with Crippen LogP contribution in [0.15, 0.2) is 36.4 Å². The smallest absolute Gasteiger partial charge is 0.150 e. The third-order valence-corrected chi connectivity index (χ3v) is 5.91. The van der Waals surface area contributed by atoms with Gasteiger partial charge in [0.15, 0.2) is 0 Å². The zero-order valence-corrected chi connectivity index (χ0v) is 16.5.